The molecule has 0 fully saturated rings. The van der Waals surface area contributed by atoms with Crippen molar-refractivity contribution in [2.24, 2.45) is 0 Å². The maximum atomic E-state index is 12.1. The zero-order valence-corrected chi connectivity index (χ0v) is 12.2. The first-order valence-electron chi connectivity index (χ1n) is 6.62. The monoisotopic (exact) mass is 303 g/mol. The van der Waals surface area contributed by atoms with Crippen molar-refractivity contribution in [1.82, 2.24) is 5.32 Å². The van der Waals surface area contributed by atoms with Crippen molar-refractivity contribution in [2.45, 2.75) is 13.0 Å². The maximum absolute atomic E-state index is 12.1. The molecule has 22 heavy (non-hydrogen) atoms. The van der Waals surface area contributed by atoms with E-state index < -0.39 is 5.91 Å². The van der Waals surface area contributed by atoms with E-state index in [0.717, 1.165) is 11.6 Å². The van der Waals surface area contributed by atoms with Gasteiger partial charge in [0.25, 0.3) is 5.91 Å². The van der Waals surface area contributed by atoms with Gasteiger partial charge in [0.15, 0.2) is 11.5 Å². The zero-order chi connectivity index (χ0) is 16.3. The molecule has 116 valence electrons. The van der Waals surface area contributed by atoms with Crippen molar-refractivity contribution in [3.8, 4) is 23.0 Å². The molecule has 0 bridgehead atoms. The summed E-state index contributed by atoms with van der Waals surface area (Å²) in [5.41, 5.74) is 0.802. The smallest absolute Gasteiger partial charge is 0.255 e. The van der Waals surface area contributed by atoms with E-state index in [1.807, 2.05) is 0 Å². The topological polar surface area (TPSA) is 99.0 Å². The van der Waals surface area contributed by atoms with E-state index in [2.05, 4.69) is 5.32 Å². The highest BCUT2D eigenvalue weighted by molar-refractivity contribution is 5.97. The summed E-state index contributed by atoms with van der Waals surface area (Å²) < 4.78 is 5.03. The van der Waals surface area contributed by atoms with Gasteiger partial charge in [-0.05, 0) is 36.8 Å². The molecule has 4 N–H and O–H groups in total. The Kier molecular flexibility index (Phi) is 4.41. The van der Waals surface area contributed by atoms with Crippen LogP contribution >= 0.6 is 0 Å². The summed E-state index contributed by atoms with van der Waals surface area (Å²) >= 11 is 0. The van der Waals surface area contributed by atoms with Gasteiger partial charge >= 0.3 is 0 Å². The molecule has 1 atom stereocenters. The van der Waals surface area contributed by atoms with Crippen molar-refractivity contribution in [3.63, 3.8) is 0 Å². The van der Waals surface area contributed by atoms with E-state index in [1.54, 1.807) is 19.1 Å². The first-order valence-corrected chi connectivity index (χ1v) is 6.62. The van der Waals surface area contributed by atoms with Crippen molar-refractivity contribution in [1.29, 1.82) is 0 Å². The molecule has 0 aromatic heterocycles. The van der Waals surface area contributed by atoms with Gasteiger partial charge in [-0.3, -0.25) is 4.79 Å². The number of hydrogen-bond donors (Lipinski definition) is 4. The number of benzene rings is 2. The Morgan fingerprint density at radius 1 is 1.09 bits per heavy atom. The van der Waals surface area contributed by atoms with E-state index in [-0.39, 0.29) is 28.9 Å². The second kappa shape index (κ2) is 6.26. The lowest BCUT2D eigenvalue weighted by atomic mass is 10.1. The van der Waals surface area contributed by atoms with Crippen LogP contribution in [0.25, 0.3) is 0 Å². The number of rotatable bonds is 4. The van der Waals surface area contributed by atoms with E-state index in [1.165, 1.54) is 25.3 Å². The van der Waals surface area contributed by atoms with Crippen LogP contribution in [0.2, 0.25) is 0 Å². The summed E-state index contributed by atoms with van der Waals surface area (Å²) in [5, 5.41) is 31.2. The molecule has 0 radical (unpaired) electrons. The number of ether oxygens (including phenoxy) is 1. The average molecular weight is 303 g/mol. The average Bonchev–Trinajstić information content (AvgIpc) is 2.47. The lowest BCUT2D eigenvalue weighted by molar-refractivity contribution is 0.0937. The fourth-order valence-corrected chi connectivity index (χ4v) is 2.03. The number of carbonyl (C=O) groups excluding carboxylic acids is 1. The minimum absolute atomic E-state index is 0.0148. The lowest BCUT2D eigenvalue weighted by Gasteiger charge is -2.16. The van der Waals surface area contributed by atoms with Crippen molar-refractivity contribution in [2.75, 3.05) is 7.11 Å². The molecule has 0 saturated carbocycles. The quantitative estimate of drug-likeness (QED) is 0.694. The number of amides is 1. The van der Waals surface area contributed by atoms with Gasteiger partial charge in [-0.2, -0.15) is 0 Å². The second-order valence-electron chi connectivity index (χ2n) is 4.83. The molecular weight excluding hydrogens is 286 g/mol. The van der Waals surface area contributed by atoms with E-state index in [0.29, 0.717) is 5.75 Å². The molecule has 6 nitrogen and oxygen atoms in total. The molecule has 6 heteroatoms. The molecule has 2 aromatic rings. The van der Waals surface area contributed by atoms with Crippen LogP contribution in [-0.2, 0) is 0 Å². The first kappa shape index (κ1) is 15.5. The molecule has 2 rings (SSSR count). The molecule has 0 aliphatic carbocycles. The molecule has 0 saturated heterocycles. The fourth-order valence-electron chi connectivity index (χ4n) is 2.03. The van der Waals surface area contributed by atoms with Crippen LogP contribution in [0, 0.1) is 0 Å². The van der Waals surface area contributed by atoms with Crippen LogP contribution in [0.15, 0.2) is 36.4 Å². The number of nitrogens with one attached hydrogen (secondary N) is 1. The van der Waals surface area contributed by atoms with Crippen molar-refractivity contribution in [3.05, 3.63) is 47.5 Å². The van der Waals surface area contributed by atoms with Crippen LogP contribution in [0.4, 0.5) is 0 Å². The predicted molar refractivity (Wildman–Crippen MR) is 80.3 cm³/mol. The summed E-state index contributed by atoms with van der Waals surface area (Å²) in [6.07, 6.45) is 0. The Labute approximate surface area is 127 Å². The van der Waals surface area contributed by atoms with Gasteiger partial charge in [-0.1, -0.05) is 6.07 Å². The SMILES string of the molecule is COc1cc(C(C)NC(=O)c2ccc(O)cc2O)ccc1O. The zero-order valence-electron chi connectivity index (χ0n) is 12.2. The number of aromatic hydroxyl groups is 3. The standard InChI is InChI=1S/C16H17NO5/c1-9(10-3-6-13(19)15(7-10)22-2)17-16(21)12-5-4-11(18)8-14(12)20/h3-9,18-20H,1-2H3,(H,17,21). The molecule has 0 heterocycles. The minimum atomic E-state index is -0.475. The largest absolute Gasteiger partial charge is 0.508 e. The second-order valence-corrected chi connectivity index (χ2v) is 4.83. The molecule has 0 spiro atoms. The summed E-state index contributed by atoms with van der Waals surface area (Å²) in [5.74, 6) is -0.567. The van der Waals surface area contributed by atoms with Crippen LogP contribution in [0.3, 0.4) is 0 Å². The molecule has 1 unspecified atom stereocenters. The summed E-state index contributed by atoms with van der Waals surface area (Å²) in [6.45, 7) is 1.77. The number of phenols is 3. The van der Waals surface area contributed by atoms with E-state index in [4.69, 9.17) is 4.74 Å². The molecule has 0 aliphatic rings. The van der Waals surface area contributed by atoms with Crippen molar-refractivity contribution >= 4 is 5.91 Å². The van der Waals surface area contributed by atoms with Crippen LogP contribution < -0.4 is 10.1 Å². The molecular formula is C16H17NO5. The van der Waals surface area contributed by atoms with E-state index >= 15 is 0 Å². The minimum Gasteiger partial charge on any atom is -0.508 e. The van der Waals surface area contributed by atoms with Gasteiger partial charge in [-0.25, -0.2) is 0 Å². The highest BCUT2D eigenvalue weighted by Gasteiger charge is 2.16. The molecule has 1 amide bonds. The van der Waals surface area contributed by atoms with Crippen LogP contribution in [-0.4, -0.2) is 28.3 Å². The Balaban J connectivity index is 2.17. The third kappa shape index (κ3) is 3.22. The predicted octanol–water partition coefficient (Wildman–Crippen LogP) is 2.30. The fraction of sp³-hybridized carbons (Fsp3) is 0.188. The first-order chi connectivity index (χ1) is 10.4. The normalized spacial score (nSPS) is 11.7. The number of hydrogen-bond acceptors (Lipinski definition) is 5. The molecule has 0 aliphatic heterocycles. The van der Waals surface area contributed by atoms with Gasteiger partial charge in [0.2, 0.25) is 0 Å². The number of methoxy groups -OCH3 is 1. The van der Waals surface area contributed by atoms with Crippen LogP contribution in [0.1, 0.15) is 28.9 Å². The number of carbonyl (C=O) groups is 1. The highest BCUT2D eigenvalue weighted by atomic mass is 16.5. The van der Waals surface area contributed by atoms with Gasteiger partial charge in [0.1, 0.15) is 11.5 Å². The third-order valence-electron chi connectivity index (χ3n) is 3.28. The summed E-state index contributed by atoms with van der Waals surface area (Å²) in [4.78, 5) is 12.1. The summed E-state index contributed by atoms with van der Waals surface area (Å²) in [7, 11) is 1.44. The summed E-state index contributed by atoms with van der Waals surface area (Å²) in [6, 6.07) is 8.16. The van der Waals surface area contributed by atoms with Gasteiger partial charge in [0.05, 0.1) is 18.7 Å². The Hall–Kier alpha value is -2.89. The van der Waals surface area contributed by atoms with Gasteiger partial charge in [0, 0.05) is 6.07 Å². The number of phenolic OH excluding ortho intramolecular Hbond substituents is 3. The Morgan fingerprint density at radius 3 is 2.45 bits per heavy atom. The lowest BCUT2D eigenvalue weighted by Crippen LogP contribution is -2.26. The third-order valence-corrected chi connectivity index (χ3v) is 3.28. The Bertz CT molecular complexity index is 699. The maximum Gasteiger partial charge on any atom is 0.255 e. The van der Waals surface area contributed by atoms with Crippen molar-refractivity contribution < 1.29 is 24.9 Å². The molecule has 2 aromatic carbocycles. The van der Waals surface area contributed by atoms with Gasteiger partial charge in [-0.15, -0.1) is 0 Å². The highest BCUT2D eigenvalue weighted by Crippen LogP contribution is 2.29. The van der Waals surface area contributed by atoms with E-state index in [9.17, 15) is 20.1 Å². The Morgan fingerprint density at radius 2 is 1.82 bits per heavy atom. The van der Waals surface area contributed by atoms with Crippen LogP contribution in [0.5, 0.6) is 23.0 Å². The van der Waals surface area contributed by atoms with Gasteiger partial charge < -0.3 is 25.4 Å².